The fourth-order valence-corrected chi connectivity index (χ4v) is 7.58. The Bertz CT molecular complexity index is 2120. The van der Waals surface area contributed by atoms with Gasteiger partial charge in [0.2, 0.25) is 11.8 Å². The van der Waals surface area contributed by atoms with E-state index in [2.05, 4.69) is 63.8 Å². The van der Waals surface area contributed by atoms with Crippen molar-refractivity contribution in [3.05, 3.63) is 72.4 Å². The van der Waals surface area contributed by atoms with E-state index in [4.69, 9.17) is 14.7 Å². The lowest BCUT2D eigenvalue weighted by molar-refractivity contribution is -0.139. The van der Waals surface area contributed by atoms with Gasteiger partial charge in [0.25, 0.3) is 0 Å². The number of fused-ring (bicyclic) bond motifs is 2. The molecule has 2 aliphatic heterocycles. The number of hydrogen-bond acceptors (Lipinski definition) is 7. The number of hydrogen-bond donors (Lipinski definition) is 4. The first-order chi connectivity index (χ1) is 25.0. The van der Waals surface area contributed by atoms with Crippen molar-refractivity contribution in [2.75, 3.05) is 20.2 Å². The van der Waals surface area contributed by atoms with Crippen LogP contribution in [0.2, 0.25) is 0 Å². The molecule has 7 rings (SSSR count). The molecule has 2 saturated heterocycles. The van der Waals surface area contributed by atoms with E-state index < -0.39 is 24.2 Å². The van der Waals surface area contributed by atoms with Crippen molar-refractivity contribution in [3.8, 4) is 22.4 Å². The van der Waals surface area contributed by atoms with Crippen LogP contribution < -0.4 is 5.32 Å². The number of aliphatic hydroxyl groups is 1. The van der Waals surface area contributed by atoms with E-state index >= 15 is 0 Å². The van der Waals surface area contributed by atoms with Crippen molar-refractivity contribution in [1.82, 2.24) is 35.1 Å². The fraction of sp³-hybridized carbons (Fsp3) is 0.425. The number of imidazole rings is 2. The van der Waals surface area contributed by atoms with Crippen molar-refractivity contribution in [1.29, 1.82) is 0 Å². The highest BCUT2D eigenvalue weighted by Crippen LogP contribution is 2.36. The maximum absolute atomic E-state index is 13.6. The van der Waals surface area contributed by atoms with Gasteiger partial charge in [-0.05, 0) is 84.7 Å². The molecule has 3 aromatic carbocycles. The molecule has 3 amide bonds. The minimum Gasteiger partial charge on any atom is -0.453 e. The Hall–Kier alpha value is -5.23. The Morgan fingerprint density at radius 3 is 2.12 bits per heavy atom. The lowest BCUT2D eigenvalue weighted by Crippen LogP contribution is -2.51. The predicted molar refractivity (Wildman–Crippen MR) is 199 cm³/mol. The molecule has 2 fully saturated rings. The van der Waals surface area contributed by atoms with Crippen LogP contribution in [-0.2, 0) is 14.3 Å². The number of rotatable bonds is 9. The van der Waals surface area contributed by atoms with Gasteiger partial charge in [0.1, 0.15) is 17.7 Å². The van der Waals surface area contributed by atoms with Crippen LogP contribution in [0.1, 0.15) is 77.1 Å². The number of methoxy groups -OCH3 is 1. The molecule has 5 atom stereocenters. The zero-order valence-corrected chi connectivity index (χ0v) is 30.3. The SMILES string of the molecule is COC(=O)N[C@H](C(=O)N1CCC[C@H]1c1nc(-c2ccc3cc(-c4ccc5[nH]c([C@@H]6CCCN6C(=O)[C@@H](C)[C@@H](C)O)nc5c4)ccc3c2)c[nH]1)C(C)C. The number of aromatic nitrogens is 4. The fourth-order valence-electron chi connectivity index (χ4n) is 7.58. The van der Waals surface area contributed by atoms with E-state index in [9.17, 15) is 19.5 Å². The molecule has 0 aliphatic carbocycles. The van der Waals surface area contributed by atoms with Crippen LogP contribution in [0.5, 0.6) is 0 Å². The van der Waals surface area contributed by atoms with E-state index in [1.165, 1.54) is 7.11 Å². The normalized spacial score (nSPS) is 19.4. The van der Waals surface area contributed by atoms with Crippen molar-refractivity contribution >= 4 is 39.7 Å². The number of amides is 3. The van der Waals surface area contributed by atoms with E-state index in [0.717, 1.165) is 81.5 Å². The molecule has 12 nitrogen and oxygen atoms in total. The Kier molecular flexibility index (Phi) is 9.76. The van der Waals surface area contributed by atoms with Crippen molar-refractivity contribution in [2.45, 2.75) is 77.6 Å². The van der Waals surface area contributed by atoms with Crippen LogP contribution in [0.3, 0.4) is 0 Å². The smallest absolute Gasteiger partial charge is 0.407 e. The largest absolute Gasteiger partial charge is 0.453 e. The van der Waals surface area contributed by atoms with Crippen molar-refractivity contribution in [2.24, 2.45) is 11.8 Å². The first-order valence-corrected chi connectivity index (χ1v) is 18.3. The highest BCUT2D eigenvalue weighted by atomic mass is 16.5. The number of benzene rings is 3. The molecule has 0 spiro atoms. The summed E-state index contributed by atoms with van der Waals surface area (Å²) in [4.78, 5) is 58.9. The zero-order valence-electron chi connectivity index (χ0n) is 30.3. The Balaban J connectivity index is 1.08. The van der Waals surface area contributed by atoms with Crippen LogP contribution in [0.25, 0.3) is 44.2 Å². The molecule has 12 heteroatoms. The van der Waals surface area contributed by atoms with Gasteiger partial charge in [-0.3, -0.25) is 9.59 Å². The topological polar surface area (TPSA) is 157 Å². The first kappa shape index (κ1) is 35.2. The maximum Gasteiger partial charge on any atom is 0.407 e. The van der Waals surface area contributed by atoms with Crippen LogP contribution in [0.15, 0.2) is 60.8 Å². The number of carbonyl (C=O) groups excluding carboxylic acids is 3. The summed E-state index contributed by atoms with van der Waals surface area (Å²) in [5.74, 6) is 0.784. The maximum atomic E-state index is 13.6. The van der Waals surface area contributed by atoms with Crippen LogP contribution in [-0.4, -0.2) is 85.1 Å². The average molecular weight is 706 g/mol. The van der Waals surface area contributed by atoms with E-state index in [1.54, 1.807) is 13.8 Å². The van der Waals surface area contributed by atoms with Crippen molar-refractivity contribution < 1.29 is 24.2 Å². The molecule has 4 N–H and O–H groups in total. The molecule has 52 heavy (non-hydrogen) atoms. The van der Waals surface area contributed by atoms with Gasteiger partial charge in [0.15, 0.2) is 0 Å². The van der Waals surface area contributed by atoms with E-state index in [1.807, 2.05) is 35.9 Å². The Morgan fingerprint density at radius 1 is 0.827 bits per heavy atom. The second-order valence-corrected chi connectivity index (χ2v) is 14.6. The minimum absolute atomic E-state index is 0.0377. The molecule has 0 saturated carbocycles. The average Bonchev–Trinajstić information content (AvgIpc) is 3.97. The molecule has 272 valence electrons. The van der Waals surface area contributed by atoms with Crippen molar-refractivity contribution in [3.63, 3.8) is 0 Å². The highest BCUT2D eigenvalue weighted by Gasteiger charge is 2.38. The summed E-state index contributed by atoms with van der Waals surface area (Å²) in [5.41, 5.74) is 5.67. The van der Waals surface area contributed by atoms with Gasteiger partial charge in [-0.15, -0.1) is 0 Å². The number of carbonyl (C=O) groups is 3. The van der Waals surface area contributed by atoms with Gasteiger partial charge in [0.05, 0.1) is 47.9 Å². The second kappa shape index (κ2) is 14.4. The van der Waals surface area contributed by atoms with Crippen LogP contribution >= 0.6 is 0 Å². The molecule has 0 bridgehead atoms. The van der Waals surface area contributed by atoms with Crippen LogP contribution in [0.4, 0.5) is 4.79 Å². The Labute approximate surface area is 303 Å². The first-order valence-electron chi connectivity index (χ1n) is 18.3. The number of H-pyrrole nitrogens is 2. The summed E-state index contributed by atoms with van der Waals surface area (Å²) in [6.07, 6.45) is 3.95. The quantitative estimate of drug-likeness (QED) is 0.136. The van der Waals surface area contributed by atoms with Gasteiger partial charge in [-0.25, -0.2) is 14.8 Å². The number of aliphatic hydroxyl groups excluding tert-OH is 1. The third-order valence-electron chi connectivity index (χ3n) is 10.8. The predicted octanol–water partition coefficient (Wildman–Crippen LogP) is 6.50. The summed E-state index contributed by atoms with van der Waals surface area (Å²) in [6, 6.07) is 17.9. The van der Waals surface area contributed by atoms with Crippen LogP contribution in [0, 0.1) is 11.8 Å². The number of ether oxygens (including phenoxy) is 1. The molecule has 2 aliphatic rings. The number of alkyl carbamates (subject to hydrolysis) is 1. The molecule has 0 radical (unpaired) electrons. The molecule has 0 unspecified atom stereocenters. The molecular weight excluding hydrogens is 658 g/mol. The molecule has 2 aromatic heterocycles. The summed E-state index contributed by atoms with van der Waals surface area (Å²) in [6.45, 7) is 8.51. The molecule has 4 heterocycles. The van der Waals surface area contributed by atoms with Gasteiger partial charge in [-0.1, -0.05) is 51.1 Å². The monoisotopic (exact) mass is 705 g/mol. The second-order valence-electron chi connectivity index (χ2n) is 14.6. The van der Waals surface area contributed by atoms with Gasteiger partial charge in [0, 0.05) is 24.8 Å². The lowest BCUT2D eigenvalue weighted by atomic mass is 9.99. The number of nitrogens with zero attached hydrogens (tertiary/aromatic N) is 4. The lowest BCUT2D eigenvalue weighted by Gasteiger charge is -2.29. The summed E-state index contributed by atoms with van der Waals surface area (Å²) >= 11 is 0. The summed E-state index contributed by atoms with van der Waals surface area (Å²) in [5, 5.41) is 14.9. The molecular formula is C40H47N7O5. The third kappa shape index (κ3) is 6.74. The van der Waals surface area contributed by atoms with Gasteiger partial charge >= 0.3 is 6.09 Å². The minimum atomic E-state index is -0.701. The molecule has 5 aromatic rings. The van der Waals surface area contributed by atoms with E-state index in [0.29, 0.717) is 13.1 Å². The zero-order chi connectivity index (χ0) is 36.7. The van der Waals surface area contributed by atoms with Gasteiger partial charge < -0.3 is 34.9 Å². The van der Waals surface area contributed by atoms with E-state index in [-0.39, 0.29) is 29.8 Å². The standard InChI is InChI=1S/C40H47N7O5/c1-22(2)35(45-40(51)52-5)39(50)47-17-6-8-33(47)36-41-21-32(44-36)29-13-12-25-18-26(10-11-27(25)19-29)28-14-15-30-31(20-28)43-37(42-30)34-9-7-16-46(34)38(49)23(3)24(4)48/h10-15,18-24,33-35,48H,6-9,16-17H2,1-5H3,(H,41,44)(H,42,43)(H,45,51)/t23-,24+,33-,34-,35-/m0/s1. The summed E-state index contributed by atoms with van der Waals surface area (Å²) in [7, 11) is 1.29. The highest BCUT2D eigenvalue weighted by molar-refractivity contribution is 5.92. The third-order valence-corrected chi connectivity index (χ3v) is 10.8. The Morgan fingerprint density at radius 2 is 1.44 bits per heavy atom. The number of likely N-dealkylation sites (tertiary alicyclic amines) is 2. The number of aromatic amines is 2. The number of nitrogens with one attached hydrogen (secondary N) is 3. The van der Waals surface area contributed by atoms with Gasteiger partial charge in [-0.2, -0.15) is 0 Å². The summed E-state index contributed by atoms with van der Waals surface area (Å²) < 4.78 is 4.76.